The van der Waals surface area contributed by atoms with Crippen LogP contribution in [-0.4, -0.2) is 26.9 Å². The van der Waals surface area contributed by atoms with Gasteiger partial charge in [0, 0.05) is 12.4 Å². The van der Waals surface area contributed by atoms with Crippen molar-refractivity contribution in [3.8, 4) is 5.75 Å². The van der Waals surface area contributed by atoms with Crippen LogP contribution in [0, 0.1) is 0 Å². The monoisotopic (exact) mass is 359 g/mol. The molecular formula is C21H17N3O3. The van der Waals surface area contributed by atoms with Crippen LogP contribution in [0.5, 0.6) is 5.75 Å². The van der Waals surface area contributed by atoms with Gasteiger partial charge in [0.25, 0.3) is 11.8 Å². The molecule has 0 radical (unpaired) electrons. The number of carbonyl (C=O) groups excluding carboxylic acids is 2. The fourth-order valence-corrected chi connectivity index (χ4v) is 3.28. The van der Waals surface area contributed by atoms with Crippen molar-refractivity contribution in [3.63, 3.8) is 0 Å². The average molecular weight is 359 g/mol. The molecule has 134 valence electrons. The Morgan fingerprint density at radius 3 is 2.37 bits per heavy atom. The van der Waals surface area contributed by atoms with Crippen molar-refractivity contribution in [2.24, 2.45) is 0 Å². The number of aromatic hydroxyl groups is 1. The predicted molar refractivity (Wildman–Crippen MR) is 98.6 cm³/mol. The highest BCUT2D eigenvalue weighted by molar-refractivity contribution is 5.98. The van der Waals surface area contributed by atoms with E-state index in [9.17, 15) is 14.7 Å². The molecule has 0 saturated carbocycles. The number of amides is 2. The van der Waals surface area contributed by atoms with Crippen LogP contribution in [0.25, 0.3) is 0 Å². The molecule has 3 aromatic rings. The van der Waals surface area contributed by atoms with Crippen LogP contribution in [0.4, 0.5) is 0 Å². The van der Waals surface area contributed by atoms with Gasteiger partial charge < -0.3 is 5.11 Å². The summed E-state index contributed by atoms with van der Waals surface area (Å²) in [5.41, 5.74) is 4.77. The number of benzene rings is 2. The second-order valence-electron chi connectivity index (χ2n) is 6.32. The Morgan fingerprint density at radius 1 is 0.963 bits per heavy atom. The van der Waals surface area contributed by atoms with E-state index >= 15 is 0 Å². The molecule has 1 saturated heterocycles. The number of phenolic OH excluding ortho intramolecular Hbond substituents is 1. The molecule has 1 aliphatic heterocycles. The summed E-state index contributed by atoms with van der Waals surface area (Å²) < 4.78 is 0. The van der Waals surface area contributed by atoms with E-state index in [1.54, 1.807) is 42.6 Å². The lowest BCUT2D eigenvalue weighted by Gasteiger charge is -2.47. The number of nitrogens with one attached hydrogen (secondary N) is 1. The lowest BCUT2D eigenvalue weighted by atomic mass is 9.79. The van der Waals surface area contributed by atoms with Gasteiger partial charge in [0.2, 0.25) is 0 Å². The first kappa shape index (κ1) is 16.8. The Bertz CT molecular complexity index is 959. The number of hydrazine groups is 1. The molecular weight excluding hydrogens is 342 g/mol. The first-order chi connectivity index (χ1) is 13.1. The summed E-state index contributed by atoms with van der Waals surface area (Å²) in [5.74, 6) is -0.834. The Morgan fingerprint density at radius 2 is 1.70 bits per heavy atom. The summed E-state index contributed by atoms with van der Waals surface area (Å²) in [6, 6.07) is 19.0. The molecule has 1 fully saturated rings. The third kappa shape index (κ3) is 3.13. The van der Waals surface area contributed by atoms with Crippen molar-refractivity contribution < 1.29 is 14.7 Å². The summed E-state index contributed by atoms with van der Waals surface area (Å²) >= 11 is 0. The van der Waals surface area contributed by atoms with Gasteiger partial charge in [-0.25, -0.2) is 5.01 Å². The fourth-order valence-electron chi connectivity index (χ4n) is 3.28. The smallest absolute Gasteiger partial charge is 0.271 e. The van der Waals surface area contributed by atoms with Crippen LogP contribution < -0.4 is 5.43 Å². The lowest BCUT2D eigenvalue weighted by Crippen LogP contribution is -2.60. The molecule has 2 aromatic carbocycles. The van der Waals surface area contributed by atoms with Crippen LogP contribution >= 0.6 is 0 Å². The van der Waals surface area contributed by atoms with Gasteiger partial charge in [-0.3, -0.25) is 20.0 Å². The van der Waals surface area contributed by atoms with E-state index < -0.39 is 11.8 Å². The van der Waals surface area contributed by atoms with Crippen LogP contribution in [0.15, 0.2) is 79.1 Å². The minimum atomic E-state index is -0.398. The first-order valence-electron chi connectivity index (χ1n) is 8.53. The molecule has 27 heavy (non-hydrogen) atoms. The Labute approximate surface area is 156 Å². The molecule has 2 amide bonds. The molecule has 6 heteroatoms. The summed E-state index contributed by atoms with van der Waals surface area (Å²) in [5, 5.41) is 10.9. The van der Waals surface area contributed by atoms with Crippen molar-refractivity contribution in [2.75, 3.05) is 0 Å². The maximum absolute atomic E-state index is 12.8. The molecule has 0 aliphatic carbocycles. The molecule has 6 nitrogen and oxygen atoms in total. The number of aromatic nitrogens is 1. The van der Waals surface area contributed by atoms with E-state index in [2.05, 4.69) is 10.4 Å². The number of β-lactam (4-membered cyclic amide) rings is 1. The summed E-state index contributed by atoms with van der Waals surface area (Å²) in [6.45, 7) is 0. The third-order valence-corrected chi connectivity index (χ3v) is 4.64. The van der Waals surface area contributed by atoms with E-state index in [4.69, 9.17) is 0 Å². The SMILES string of the molecule is O=C(NN1C(=O)[C@@H](c2ccccc2)[C@@H]1c1ccc(O)cc1)c1cccnc1. The highest BCUT2D eigenvalue weighted by atomic mass is 16.3. The third-order valence-electron chi connectivity index (χ3n) is 4.64. The molecule has 2 atom stereocenters. The van der Waals surface area contributed by atoms with Crippen LogP contribution in [0.3, 0.4) is 0 Å². The Hall–Kier alpha value is -3.67. The summed E-state index contributed by atoms with van der Waals surface area (Å²) in [4.78, 5) is 29.2. The number of pyridine rings is 1. The van der Waals surface area contributed by atoms with Crippen LogP contribution in [0.1, 0.15) is 33.4 Å². The van der Waals surface area contributed by atoms with Crippen molar-refractivity contribution in [2.45, 2.75) is 12.0 Å². The minimum absolute atomic E-state index is 0.145. The first-order valence-corrected chi connectivity index (χ1v) is 8.53. The van der Waals surface area contributed by atoms with Crippen molar-refractivity contribution in [3.05, 3.63) is 95.8 Å². The molecule has 1 aromatic heterocycles. The average Bonchev–Trinajstić information content (AvgIpc) is 2.72. The molecule has 4 rings (SSSR count). The van der Waals surface area contributed by atoms with Gasteiger partial charge in [-0.2, -0.15) is 0 Å². The largest absolute Gasteiger partial charge is 0.508 e. The summed E-state index contributed by atoms with van der Waals surface area (Å²) in [6.07, 6.45) is 3.03. The van der Waals surface area contributed by atoms with Gasteiger partial charge in [-0.1, -0.05) is 42.5 Å². The Kier molecular flexibility index (Phi) is 4.30. The molecule has 0 spiro atoms. The van der Waals surface area contributed by atoms with Crippen molar-refractivity contribution in [1.29, 1.82) is 0 Å². The number of phenols is 1. The van der Waals surface area contributed by atoms with Crippen LogP contribution in [-0.2, 0) is 4.79 Å². The summed E-state index contributed by atoms with van der Waals surface area (Å²) in [7, 11) is 0. The number of rotatable bonds is 4. The quantitative estimate of drug-likeness (QED) is 0.702. The maximum atomic E-state index is 12.8. The molecule has 2 heterocycles. The number of hydrogen-bond donors (Lipinski definition) is 2. The number of hydrogen-bond acceptors (Lipinski definition) is 4. The second kappa shape index (κ2) is 6.92. The fraction of sp³-hybridized carbons (Fsp3) is 0.0952. The molecule has 2 N–H and O–H groups in total. The van der Waals surface area contributed by atoms with Gasteiger partial charge in [0.05, 0.1) is 17.5 Å². The van der Waals surface area contributed by atoms with E-state index in [1.165, 1.54) is 11.2 Å². The van der Waals surface area contributed by atoms with E-state index in [1.807, 2.05) is 30.3 Å². The normalized spacial score (nSPS) is 18.7. The zero-order chi connectivity index (χ0) is 18.8. The number of nitrogens with zero attached hydrogens (tertiary/aromatic N) is 2. The molecule has 0 unspecified atom stereocenters. The molecule has 1 aliphatic rings. The number of carbonyl (C=O) groups is 2. The van der Waals surface area contributed by atoms with E-state index in [0.717, 1.165) is 11.1 Å². The van der Waals surface area contributed by atoms with Crippen LogP contribution in [0.2, 0.25) is 0 Å². The minimum Gasteiger partial charge on any atom is -0.508 e. The van der Waals surface area contributed by atoms with Gasteiger partial charge in [-0.15, -0.1) is 0 Å². The van der Waals surface area contributed by atoms with Gasteiger partial charge in [0.15, 0.2) is 0 Å². The van der Waals surface area contributed by atoms with Crippen molar-refractivity contribution >= 4 is 11.8 Å². The maximum Gasteiger partial charge on any atom is 0.271 e. The second-order valence-corrected chi connectivity index (χ2v) is 6.32. The zero-order valence-electron chi connectivity index (χ0n) is 14.3. The van der Waals surface area contributed by atoms with Crippen molar-refractivity contribution in [1.82, 2.24) is 15.4 Å². The highest BCUT2D eigenvalue weighted by Gasteiger charge is 2.50. The zero-order valence-corrected chi connectivity index (χ0v) is 14.3. The van der Waals surface area contributed by atoms with E-state index in [-0.39, 0.29) is 17.7 Å². The predicted octanol–water partition coefficient (Wildman–Crippen LogP) is 2.80. The standard InChI is InChI=1S/C21H17N3O3/c25-17-10-8-15(9-11-17)19-18(14-5-2-1-3-6-14)21(27)24(19)23-20(26)16-7-4-12-22-13-16/h1-13,18-19,25H,(H,23,26)/t18-,19-/m0/s1. The molecule has 0 bridgehead atoms. The highest BCUT2D eigenvalue weighted by Crippen LogP contribution is 2.45. The topological polar surface area (TPSA) is 82.5 Å². The van der Waals surface area contributed by atoms with E-state index in [0.29, 0.717) is 5.56 Å². The lowest BCUT2D eigenvalue weighted by molar-refractivity contribution is -0.154. The van der Waals surface area contributed by atoms with Gasteiger partial charge in [-0.05, 0) is 35.4 Å². The Balaban J connectivity index is 1.65. The van der Waals surface area contributed by atoms with Gasteiger partial charge >= 0.3 is 0 Å². The van der Waals surface area contributed by atoms with Gasteiger partial charge in [0.1, 0.15) is 5.75 Å².